The lowest BCUT2D eigenvalue weighted by atomic mass is 9.96. The standard InChI is InChI=1S/C13H18BrFN2O2S2/c1-20-12-5-3-2-4-11(12)17-21(18,19)13-7-10(16)8(14)6-9(13)15/h6-7,11-12,17H,2-5,16H2,1H3. The van der Waals surface area contributed by atoms with Crippen molar-refractivity contribution in [3.63, 3.8) is 0 Å². The van der Waals surface area contributed by atoms with Gasteiger partial charge in [0.15, 0.2) is 0 Å². The number of rotatable bonds is 4. The number of halogens is 2. The van der Waals surface area contributed by atoms with Crippen molar-refractivity contribution in [2.45, 2.75) is 41.9 Å². The van der Waals surface area contributed by atoms with E-state index in [1.54, 1.807) is 11.8 Å². The quantitative estimate of drug-likeness (QED) is 0.766. The molecule has 1 aliphatic rings. The zero-order valence-electron chi connectivity index (χ0n) is 11.6. The molecule has 21 heavy (non-hydrogen) atoms. The van der Waals surface area contributed by atoms with Crippen molar-refractivity contribution in [3.05, 3.63) is 22.4 Å². The first kappa shape index (κ1) is 17.1. The van der Waals surface area contributed by atoms with Crippen molar-refractivity contribution in [2.75, 3.05) is 12.0 Å². The largest absolute Gasteiger partial charge is 0.398 e. The molecule has 0 heterocycles. The Kier molecular flexibility index (Phi) is 5.56. The Labute approximate surface area is 137 Å². The van der Waals surface area contributed by atoms with E-state index in [4.69, 9.17) is 5.73 Å². The summed E-state index contributed by atoms with van der Waals surface area (Å²) in [5.74, 6) is -0.805. The monoisotopic (exact) mass is 396 g/mol. The SMILES string of the molecule is CSC1CCCCC1NS(=O)(=O)c1cc(N)c(Br)cc1F. The molecule has 1 aliphatic carbocycles. The average Bonchev–Trinajstić information content (AvgIpc) is 2.43. The summed E-state index contributed by atoms with van der Waals surface area (Å²) in [5, 5.41) is 0.226. The van der Waals surface area contributed by atoms with Crippen LogP contribution in [-0.4, -0.2) is 26.0 Å². The highest BCUT2D eigenvalue weighted by atomic mass is 79.9. The first-order valence-electron chi connectivity index (χ1n) is 6.65. The van der Waals surface area contributed by atoms with Gasteiger partial charge in [-0.2, -0.15) is 11.8 Å². The van der Waals surface area contributed by atoms with E-state index in [1.807, 2.05) is 6.26 Å². The Morgan fingerprint density at radius 3 is 2.71 bits per heavy atom. The molecular formula is C13H18BrFN2O2S2. The third-order valence-corrected chi connectivity index (χ3v) is 7.01. The molecule has 2 rings (SSSR count). The number of hydrogen-bond donors (Lipinski definition) is 2. The lowest BCUT2D eigenvalue weighted by molar-refractivity contribution is 0.422. The molecule has 1 aromatic carbocycles. The van der Waals surface area contributed by atoms with Gasteiger partial charge in [0.1, 0.15) is 10.7 Å². The Hall–Kier alpha value is -0.310. The molecule has 0 aliphatic heterocycles. The minimum absolute atomic E-state index is 0.164. The van der Waals surface area contributed by atoms with Gasteiger partial charge >= 0.3 is 0 Å². The highest BCUT2D eigenvalue weighted by Gasteiger charge is 2.30. The van der Waals surface area contributed by atoms with Crippen LogP contribution >= 0.6 is 27.7 Å². The molecule has 0 saturated heterocycles. The second-order valence-electron chi connectivity index (χ2n) is 5.09. The maximum atomic E-state index is 13.9. The molecule has 8 heteroatoms. The minimum atomic E-state index is -3.91. The third kappa shape index (κ3) is 3.91. The topological polar surface area (TPSA) is 72.2 Å². The van der Waals surface area contributed by atoms with Gasteiger partial charge in [0, 0.05) is 21.5 Å². The summed E-state index contributed by atoms with van der Waals surface area (Å²) in [4.78, 5) is -0.395. The van der Waals surface area contributed by atoms with Gasteiger partial charge in [-0.3, -0.25) is 0 Å². The van der Waals surface area contributed by atoms with Crippen molar-refractivity contribution in [3.8, 4) is 0 Å². The van der Waals surface area contributed by atoms with Crippen LogP contribution in [0.5, 0.6) is 0 Å². The molecule has 3 N–H and O–H groups in total. The number of nitrogens with one attached hydrogen (secondary N) is 1. The Balaban J connectivity index is 2.28. The summed E-state index contributed by atoms with van der Waals surface area (Å²) in [6.45, 7) is 0. The highest BCUT2D eigenvalue weighted by Crippen LogP contribution is 2.30. The van der Waals surface area contributed by atoms with Gasteiger partial charge in [0.05, 0.1) is 0 Å². The third-order valence-electron chi connectivity index (χ3n) is 3.65. The molecule has 0 aromatic heterocycles. The molecule has 1 saturated carbocycles. The fourth-order valence-corrected chi connectivity index (χ4v) is 5.27. The van der Waals surface area contributed by atoms with Crippen LogP contribution in [0.15, 0.2) is 21.5 Å². The van der Waals surface area contributed by atoms with E-state index < -0.39 is 20.7 Å². The van der Waals surface area contributed by atoms with Crippen molar-refractivity contribution >= 4 is 43.4 Å². The predicted octanol–water partition coefficient (Wildman–Crippen LogP) is 3.12. The number of thioether (sulfide) groups is 1. The van der Waals surface area contributed by atoms with Crippen molar-refractivity contribution < 1.29 is 12.8 Å². The molecule has 1 aromatic rings. The number of nitrogen functional groups attached to an aromatic ring is 1. The van der Waals surface area contributed by atoms with Gasteiger partial charge in [-0.05, 0) is 47.2 Å². The smallest absolute Gasteiger partial charge is 0.243 e. The number of hydrogen-bond acceptors (Lipinski definition) is 4. The Bertz CT molecular complexity index is 625. The van der Waals surface area contributed by atoms with E-state index in [9.17, 15) is 12.8 Å². The maximum absolute atomic E-state index is 13.9. The zero-order chi connectivity index (χ0) is 15.6. The summed E-state index contributed by atoms with van der Waals surface area (Å²) in [6, 6.07) is 2.07. The van der Waals surface area contributed by atoms with Crippen LogP contribution < -0.4 is 10.5 Å². The number of benzene rings is 1. The van der Waals surface area contributed by atoms with Crippen LogP contribution in [0.1, 0.15) is 25.7 Å². The number of nitrogens with two attached hydrogens (primary N) is 1. The van der Waals surface area contributed by atoms with Crippen LogP contribution in [0.3, 0.4) is 0 Å². The van der Waals surface area contributed by atoms with Gasteiger partial charge in [-0.1, -0.05) is 12.8 Å². The van der Waals surface area contributed by atoms with Gasteiger partial charge in [0.2, 0.25) is 10.0 Å². The fourth-order valence-electron chi connectivity index (χ4n) is 2.53. The summed E-state index contributed by atoms with van der Waals surface area (Å²) in [5.41, 5.74) is 5.86. The van der Waals surface area contributed by atoms with E-state index in [-0.39, 0.29) is 17.0 Å². The molecule has 118 valence electrons. The summed E-state index contributed by atoms with van der Waals surface area (Å²) in [7, 11) is -3.91. The predicted molar refractivity (Wildman–Crippen MR) is 88.4 cm³/mol. The first-order chi connectivity index (χ1) is 9.85. The first-order valence-corrected chi connectivity index (χ1v) is 10.2. The normalized spacial score (nSPS) is 23.2. The highest BCUT2D eigenvalue weighted by molar-refractivity contribution is 9.10. The molecule has 0 amide bonds. The molecule has 0 bridgehead atoms. The molecule has 2 unspecified atom stereocenters. The van der Waals surface area contributed by atoms with Crippen LogP contribution in [0.25, 0.3) is 0 Å². The van der Waals surface area contributed by atoms with Gasteiger partial charge in [0.25, 0.3) is 0 Å². The van der Waals surface area contributed by atoms with E-state index in [2.05, 4.69) is 20.7 Å². The molecular weight excluding hydrogens is 379 g/mol. The Morgan fingerprint density at radius 2 is 2.05 bits per heavy atom. The van der Waals surface area contributed by atoms with Crippen LogP contribution in [0.2, 0.25) is 0 Å². The average molecular weight is 397 g/mol. The molecule has 0 radical (unpaired) electrons. The van der Waals surface area contributed by atoms with E-state index in [0.29, 0.717) is 4.47 Å². The van der Waals surface area contributed by atoms with Gasteiger partial charge in [-0.15, -0.1) is 0 Å². The fraction of sp³-hybridized carbons (Fsp3) is 0.538. The van der Waals surface area contributed by atoms with Crippen molar-refractivity contribution in [2.24, 2.45) is 0 Å². The van der Waals surface area contributed by atoms with Crippen LogP contribution in [0.4, 0.5) is 10.1 Å². The number of anilines is 1. The van der Waals surface area contributed by atoms with Crippen LogP contribution in [0, 0.1) is 5.82 Å². The van der Waals surface area contributed by atoms with E-state index >= 15 is 0 Å². The summed E-state index contributed by atoms with van der Waals surface area (Å²) in [6.07, 6.45) is 5.80. The summed E-state index contributed by atoms with van der Waals surface area (Å²) < 4.78 is 41.8. The lowest BCUT2D eigenvalue weighted by Crippen LogP contribution is -2.43. The zero-order valence-corrected chi connectivity index (χ0v) is 14.8. The Morgan fingerprint density at radius 1 is 1.38 bits per heavy atom. The van der Waals surface area contributed by atoms with Crippen molar-refractivity contribution in [1.29, 1.82) is 0 Å². The van der Waals surface area contributed by atoms with E-state index in [1.165, 1.54) is 0 Å². The van der Waals surface area contributed by atoms with Gasteiger partial charge in [-0.25, -0.2) is 17.5 Å². The summed E-state index contributed by atoms with van der Waals surface area (Å²) >= 11 is 4.73. The maximum Gasteiger partial charge on any atom is 0.243 e. The minimum Gasteiger partial charge on any atom is -0.398 e. The molecule has 2 atom stereocenters. The molecule has 0 spiro atoms. The van der Waals surface area contributed by atoms with Gasteiger partial charge < -0.3 is 5.73 Å². The van der Waals surface area contributed by atoms with Crippen molar-refractivity contribution in [1.82, 2.24) is 4.72 Å². The second kappa shape index (κ2) is 6.85. The van der Waals surface area contributed by atoms with E-state index in [0.717, 1.165) is 37.8 Å². The second-order valence-corrected chi connectivity index (χ2v) is 8.70. The molecule has 1 fully saturated rings. The molecule has 4 nitrogen and oxygen atoms in total. The lowest BCUT2D eigenvalue weighted by Gasteiger charge is -2.30. The van der Waals surface area contributed by atoms with Crippen LogP contribution in [-0.2, 0) is 10.0 Å². The number of sulfonamides is 1.